The Kier molecular flexibility index (Phi) is 8.12. The van der Waals surface area contributed by atoms with Crippen molar-refractivity contribution in [2.45, 2.75) is 46.1 Å². The van der Waals surface area contributed by atoms with Gasteiger partial charge in [-0.05, 0) is 44.2 Å². The first kappa shape index (κ1) is 31.7. The summed E-state index contributed by atoms with van der Waals surface area (Å²) in [6.07, 6.45) is -3.54. The lowest BCUT2D eigenvalue weighted by molar-refractivity contribution is -0.137. The van der Waals surface area contributed by atoms with Crippen LogP contribution >= 0.6 is 0 Å². The molecule has 0 atom stereocenters. The number of benzene rings is 2. The Hall–Kier alpha value is -2.79. The Morgan fingerprint density at radius 1 is 0.925 bits per heavy atom. The Labute approximate surface area is 227 Å². The summed E-state index contributed by atoms with van der Waals surface area (Å²) in [5, 5.41) is 0. The Balaban J connectivity index is 1.99. The van der Waals surface area contributed by atoms with E-state index in [0.29, 0.717) is 36.8 Å². The Morgan fingerprint density at radius 3 is 1.85 bits per heavy atom. The molecule has 1 fully saturated rings. The van der Waals surface area contributed by atoms with Crippen LogP contribution in [0, 0.1) is 5.92 Å². The predicted molar refractivity (Wildman–Crippen MR) is 131 cm³/mol. The fourth-order valence-corrected chi connectivity index (χ4v) is 7.73. The number of carbonyl (C=O) groups is 1. The normalized spacial score (nSPS) is 15.7. The summed E-state index contributed by atoms with van der Waals surface area (Å²) < 4.78 is 144. The molecule has 3 rings (SSSR count). The molecule has 1 amide bonds. The van der Waals surface area contributed by atoms with Crippen molar-refractivity contribution in [3.8, 4) is 5.75 Å². The van der Waals surface area contributed by atoms with Crippen molar-refractivity contribution in [1.82, 2.24) is 4.90 Å². The third kappa shape index (κ3) is 6.10. The number of rotatable bonds is 8. The van der Waals surface area contributed by atoms with Crippen LogP contribution in [0.1, 0.15) is 29.8 Å². The summed E-state index contributed by atoms with van der Waals surface area (Å²) in [4.78, 5) is 12.0. The molecule has 17 heteroatoms. The zero-order valence-electron chi connectivity index (χ0n) is 21.4. The van der Waals surface area contributed by atoms with Gasteiger partial charge < -0.3 is 9.64 Å². The number of carbonyl (C=O) groups excluding carboxylic acids is 1. The van der Waals surface area contributed by atoms with E-state index in [2.05, 4.69) is 4.74 Å². The van der Waals surface area contributed by atoms with Crippen LogP contribution in [0.3, 0.4) is 0 Å². The van der Waals surface area contributed by atoms with Crippen LogP contribution in [0.4, 0.5) is 22.0 Å². The zero-order valence-corrected chi connectivity index (χ0v) is 23.8. The minimum Gasteiger partial charge on any atom is -0.435 e. The monoisotopic (exact) mass is 633 g/mol. The van der Waals surface area contributed by atoms with E-state index in [4.69, 9.17) is 0 Å². The Morgan fingerprint density at radius 2 is 1.43 bits per heavy atom. The van der Waals surface area contributed by atoms with Crippen LogP contribution in [-0.2, 0) is 35.7 Å². The molecule has 9 nitrogen and oxygen atoms in total. The third-order valence-corrected chi connectivity index (χ3v) is 11.4. The highest BCUT2D eigenvalue weighted by Crippen LogP contribution is 2.41. The maximum atomic E-state index is 13.4. The van der Waals surface area contributed by atoms with E-state index in [9.17, 15) is 52.0 Å². The maximum absolute atomic E-state index is 13.4. The molecule has 0 aromatic heterocycles. The topological polar surface area (TPSA) is 132 Å². The van der Waals surface area contributed by atoms with Crippen LogP contribution in [0.15, 0.2) is 51.1 Å². The minimum atomic E-state index is -4.79. The Bertz CT molecular complexity index is 1610. The molecular weight excluding hydrogens is 609 g/mol. The third-order valence-electron chi connectivity index (χ3n) is 6.59. The van der Waals surface area contributed by atoms with Gasteiger partial charge in [-0.25, -0.2) is 25.3 Å². The first-order chi connectivity index (χ1) is 18.0. The van der Waals surface area contributed by atoms with Gasteiger partial charge in [0.2, 0.25) is 0 Å². The predicted octanol–water partition coefficient (Wildman–Crippen LogP) is 3.44. The van der Waals surface area contributed by atoms with Crippen molar-refractivity contribution < 1.29 is 56.7 Å². The smallest absolute Gasteiger partial charge is 0.416 e. The summed E-state index contributed by atoms with van der Waals surface area (Å²) in [5.41, 5.74) is -2.00. The van der Waals surface area contributed by atoms with Crippen molar-refractivity contribution in [3.63, 3.8) is 0 Å². The molecule has 40 heavy (non-hydrogen) atoms. The fourth-order valence-electron chi connectivity index (χ4n) is 4.14. The molecular formula is C23H24F5NO8S3. The summed E-state index contributed by atoms with van der Waals surface area (Å²) in [6, 6.07) is 4.34. The summed E-state index contributed by atoms with van der Waals surface area (Å²) in [7, 11) is -13.2. The van der Waals surface area contributed by atoms with Crippen LogP contribution in [0.2, 0.25) is 0 Å². The highest BCUT2D eigenvalue weighted by atomic mass is 32.2. The molecule has 0 aliphatic carbocycles. The maximum Gasteiger partial charge on any atom is 0.416 e. The molecule has 0 unspecified atom stereocenters. The number of halogens is 5. The number of hydrogen-bond acceptors (Lipinski definition) is 8. The highest BCUT2D eigenvalue weighted by molar-refractivity contribution is 7.93. The quantitative estimate of drug-likeness (QED) is 0.404. The lowest BCUT2D eigenvalue weighted by Crippen LogP contribution is -2.60. The van der Waals surface area contributed by atoms with E-state index in [-0.39, 0.29) is 13.1 Å². The van der Waals surface area contributed by atoms with Crippen molar-refractivity contribution in [3.05, 3.63) is 47.5 Å². The first-order valence-corrected chi connectivity index (χ1v) is 16.5. The lowest BCUT2D eigenvalue weighted by atomic mass is 9.87. The highest BCUT2D eigenvalue weighted by Gasteiger charge is 2.50. The molecule has 1 aliphatic heterocycles. The van der Waals surface area contributed by atoms with Crippen LogP contribution in [-0.4, -0.2) is 73.0 Å². The van der Waals surface area contributed by atoms with E-state index in [0.717, 1.165) is 17.0 Å². The molecule has 2 aromatic carbocycles. The first-order valence-electron chi connectivity index (χ1n) is 11.2. The van der Waals surface area contributed by atoms with E-state index >= 15 is 0 Å². The van der Waals surface area contributed by atoms with Gasteiger partial charge in [0.05, 0.1) is 30.6 Å². The molecule has 1 aliphatic rings. The number of nitrogens with zero attached hydrogens (tertiary/aromatic N) is 1. The van der Waals surface area contributed by atoms with E-state index in [1.165, 1.54) is 13.8 Å². The number of amides is 1. The van der Waals surface area contributed by atoms with Crippen molar-refractivity contribution in [1.29, 1.82) is 0 Å². The van der Waals surface area contributed by atoms with Gasteiger partial charge in [-0.2, -0.15) is 22.0 Å². The second-order valence-electron chi connectivity index (χ2n) is 9.76. The zero-order chi connectivity index (χ0) is 30.6. The second-order valence-corrected chi connectivity index (χ2v) is 16.3. The van der Waals surface area contributed by atoms with E-state index < -0.39 is 90.4 Å². The number of likely N-dealkylation sites (tertiary alicyclic amines) is 1. The molecule has 0 saturated carbocycles. The number of alkyl halides is 5. The summed E-state index contributed by atoms with van der Waals surface area (Å²) in [6.45, 7) is -1.57. The molecule has 0 bridgehead atoms. The van der Waals surface area contributed by atoms with Crippen LogP contribution in [0.25, 0.3) is 0 Å². The number of hydrogen-bond donors (Lipinski definition) is 0. The van der Waals surface area contributed by atoms with Gasteiger partial charge in [0.1, 0.15) is 5.75 Å². The van der Waals surface area contributed by atoms with Gasteiger partial charge in [0.15, 0.2) is 29.5 Å². The SMILES string of the molecule is CC(C)(C1CN(C(=O)c2c(S(C)(=O)=O)cc(OC(F)F)cc2S(C)(=O)=O)C1)S(=O)(=O)c1cccc(C(F)(F)F)c1. The lowest BCUT2D eigenvalue weighted by Gasteiger charge is -2.47. The van der Waals surface area contributed by atoms with Gasteiger partial charge >= 0.3 is 12.8 Å². The summed E-state index contributed by atoms with van der Waals surface area (Å²) in [5.74, 6) is -2.80. The van der Waals surface area contributed by atoms with Crippen molar-refractivity contribution in [2.75, 3.05) is 25.6 Å². The van der Waals surface area contributed by atoms with Crippen molar-refractivity contribution >= 4 is 35.4 Å². The van der Waals surface area contributed by atoms with Gasteiger partial charge in [-0.3, -0.25) is 4.79 Å². The summed E-state index contributed by atoms with van der Waals surface area (Å²) >= 11 is 0. The number of sulfone groups is 3. The van der Waals surface area contributed by atoms with Crippen LogP contribution in [0.5, 0.6) is 5.75 Å². The van der Waals surface area contributed by atoms with Gasteiger partial charge in [0.25, 0.3) is 5.91 Å². The molecule has 222 valence electrons. The van der Waals surface area contributed by atoms with E-state index in [1.54, 1.807) is 0 Å². The fraction of sp³-hybridized carbons (Fsp3) is 0.435. The largest absolute Gasteiger partial charge is 0.435 e. The molecule has 1 saturated heterocycles. The van der Waals surface area contributed by atoms with Gasteiger partial charge in [-0.1, -0.05) is 6.07 Å². The molecule has 0 spiro atoms. The molecule has 2 aromatic rings. The molecule has 1 heterocycles. The average molecular weight is 634 g/mol. The minimum absolute atomic E-state index is 0.328. The number of ether oxygens (including phenoxy) is 1. The van der Waals surface area contributed by atoms with Crippen LogP contribution < -0.4 is 4.74 Å². The van der Waals surface area contributed by atoms with E-state index in [1.807, 2.05) is 0 Å². The second kappa shape index (κ2) is 10.2. The van der Waals surface area contributed by atoms with Gasteiger partial charge in [-0.15, -0.1) is 0 Å². The standard InChI is InChI=1S/C23H24F5NO8S3/c1-22(2,40(35,36)16-7-5-6-13(8-16)23(26,27)28)14-11-29(12-14)20(30)19-17(38(3,31)32)9-15(37-21(24)25)10-18(19)39(4,33)34/h5-10,14,21H,11-12H2,1-4H3. The average Bonchev–Trinajstić information content (AvgIpc) is 2.75. The van der Waals surface area contributed by atoms with Crippen molar-refractivity contribution in [2.24, 2.45) is 5.92 Å². The molecule has 0 N–H and O–H groups in total. The molecule has 0 radical (unpaired) electrons. The van der Waals surface area contributed by atoms with Gasteiger partial charge in [0, 0.05) is 31.5 Å².